The number of likely N-dealkylation sites (tertiary alicyclic amines) is 2. The molecular weight excluding hydrogens is 582 g/mol. The van der Waals surface area contributed by atoms with Gasteiger partial charge in [-0.2, -0.15) is 5.26 Å². The van der Waals surface area contributed by atoms with Gasteiger partial charge in [-0.3, -0.25) is 18.8 Å². The lowest BCUT2D eigenvalue weighted by Crippen LogP contribution is -2.47. The van der Waals surface area contributed by atoms with Crippen molar-refractivity contribution in [3.05, 3.63) is 89.0 Å². The summed E-state index contributed by atoms with van der Waals surface area (Å²) in [7, 11) is 1.69. The van der Waals surface area contributed by atoms with Crippen LogP contribution in [-0.4, -0.2) is 68.3 Å². The molecule has 238 valence electrons. The first kappa shape index (κ1) is 31.1. The van der Waals surface area contributed by atoms with Gasteiger partial charge in [0.05, 0.1) is 17.2 Å². The molecule has 0 radical (unpaired) electrons. The topological polar surface area (TPSA) is 132 Å². The Kier molecular flexibility index (Phi) is 8.67. The molecule has 0 saturated carbocycles. The molecule has 2 saturated heterocycles. The van der Waals surface area contributed by atoms with Crippen LogP contribution in [0.1, 0.15) is 45.6 Å². The van der Waals surface area contributed by atoms with Gasteiger partial charge in [-0.15, -0.1) is 0 Å². The van der Waals surface area contributed by atoms with Crippen LogP contribution in [-0.2, 0) is 9.53 Å². The fourth-order valence-corrected chi connectivity index (χ4v) is 6.81. The lowest BCUT2D eigenvalue weighted by atomic mass is 9.97. The van der Waals surface area contributed by atoms with Crippen LogP contribution in [0.25, 0.3) is 16.7 Å². The van der Waals surface area contributed by atoms with Crippen LogP contribution >= 0.6 is 0 Å². The highest BCUT2D eigenvalue weighted by molar-refractivity contribution is 5.97. The monoisotopic (exact) mass is 621 g/mol. The number of pyridine rings is 1. The van der Waals surface area contributed by atoms with E-state index in [1.807, 2.05) is 56.3 Å². The van der Waals surface area contributed by atoms with Crippen molar-refractivity contribution in [3.8, 4) is 23.3 Å². The van der Waals surface area contributed by atoms with Crippen LogP contribution < -0.4 is 16.2 Å². The number of methoxy groups -OCH3 is 1. The number of ether oxygens (including phenoxy) is 2. The van der Waals surface area contributed by atoms with Gasteiger partial charge in [0.2, 0.25) is 0 Å². The van der Waals surface area contributed by atoms with Gasteiger partial charge in [0.15, 0.2) is 0 Å². The molecule has 2 aliphatic rings. The zero-order chi connectivity index (χ0) is 32.4. The summed E-state index contributed by atoms with van der Waals surface area (Å²) in [5, 5.41) is 10.1. The molecule has 0 unspecified atom stereocenters. The molecule has 1 amide bonds. The van der Waals surface area contributed by atoms with Crippen molar-refractivity contribution in [2.24, 2.45) is 0 Å². The van der Waals surface area contributed by atoms with E-state index in [1.165, 1.54) is 0 Å². The number of nitrogens with zero attached hydrogens (tertiary/aromatic N) is 6. The van der Waals surface area contributed by atoms with Crippen molar-refractivity contribution in [1.82, 2.24) is 23.9 Å². The molecule has 0 bridgehead atoms. The molecule has 11 nitrogen and oxygen atoms in total. The second kappa shape index (κ2) is 12.8. The number of piperidine rings is 1. The van der Waals surface area contributed by atoms with E-state index in [0.29, 0.717) is 47.6 Å². The normalized spacial score (nSPS) is 19.3. The zero-order valence-corrected chi connectivity index (χ0v) is 26.4. The Morgan fingerprint density at radius 3 is 2.48 bits per heavy atom. The van der Waals surface area contributed by atoms with Crippen molar-refractivity contribution in [2.45, 2.75) is 57.3 Å². The van der Waals surface area contributed by atoms with Crippen molar-refractivity contribution < 1.29 is 14.3 Å². The molecule has 2 aromatic heterocycles. The number of para-hydroxylation sites is 1. The maximum atomic E-state index is 14.2. The molecule has 11 heteroatoms. The number of rotatable bonds is 8. The predicted octanol–water partition coefficient (Wildman–Crippen LogP) is 5.02. The maximum Gasteiger partial charge on any atom is 0.334 e. The Labute approximate surface area is 268 Å². The smallest absolute Gasteiger partial charge is 0.334 e. The molecule has 2 aromatic carbocycles. The molecule has 2 atom stereocenters. The Hall–Kier alpha value is -4.92. The van der Waals surface area contributed by atoms with E-state index in [4.69, 9.17) is 15.2 Å². The lowest BCUT2D eigenvalue weighted by molar-refractivity contribution is -0.128. The minimum atomic E-state index is -0.552. The van der Waals surface area contributed by atoms with Crippen molar-refractivity contribution >= 4 is 22.8 Å². The summed E-state index contributed by atoms with van der Waals surface area (Å²) in [5.74, 6) is 1.24. The highest BCUT2D eigenvalue weighted by Crippen LogP contribution is 2.32. The van der Waals surface area contributed by atoms with Gasteiger partial charge >= 0.3 is 5.69 Å². The first-order chi connectivity index (χ1) is 22.2. The van der Waals surface area contributed by atoms with Crippen LogP contribution in [0.15, 0.2) is 83.3 Å². The number of nitrogens with two attached hydrogens (primary N) is 1. The third-order valence-corrected chi connectivity index (χ3v) is 8.99. The summed E-state index contributed by atoms with van der Waals surface area (Å²) in [4.78, 5) is 36.1. The third-order valence-electron chi connectivity index (χ3n) is 8.99. The van der Waals surface area contributed by atoms with Crippen LogP contribution in [0.4, 0.5) is 5.82 Å². The van der Waals surface area contributed by atoms with Crippen LogP contribution in [0, 0.1) is 11.3 Å². The highest BCUT2D eigenvalue weighted by Gasteiger charge is 2.37. The SMILES string of the molecule is CO[C@@H]1CCCN1C(C)(C)/C=C(/C#N)C(=O)N1CCC[C@@H](n2c(=O)n(-c3ccc(Oc4ccccc4)cc3)c3c(N)nccc32)C1. The molecule has 6 rings (SSSR count). The number of fused-ring (bicyclic) bond motifs is 1. The number of amides is 1. The minimum absolute atomic E-state index is 0.0561. The Bertz CT molecular complexity index is 1850. The number of carbonyl (C=O) groups excluding carboxylic acids is 1. The zero-order valence-electron chi connectivity index (χ0n) is 26.4. The standard InChI is InChI=1S/C35H39N7O4/c1-35(2,40-20-8-12-30(40)45-3)21-24(22-36)33(43)39-19-7-9-26(23-39)41-29-17-18-38-32(37)31(29)42(34(41)44)25-13-15-28(16-14-25)46-27-10-5-4-6-11-27/h4-6,10-11,13-18,21,26,30H,7-9,12,19-20,23H2,1-3H3,(H2,37,38)/b24-21-/t26-,30-/m1/s1. The maximum absolute atomic E-state index is 14.2. The van der Waals surface area contributed by atoms with Gasteiger partial charge in [0.1, 0.15) is 40.7 Å². The molecule has 4 aromatic rings. The fourth-order valence-electron chi connectivity index (χ4n) is 6.81. The summed E-state index contributed by atoms with van der Waals surface area (Å²) in [6, 6.07) is 20.3. The predicted molar refractivity (Wildman–Crippen MR) is 176 cm³/mol. The average Bonchev–Trinajstić information content (AvgIpc) is 3.68. The molecule has 0 spiro atoms. The molecule has 2 fully saturated rings. The van der Waals surface area contributed by atoms with Crippen molar-refractivity contribution in [1.29, 1.82) is 5.26 Å². The van der Waals surface area contributed by atoms with E-state index in [-0.39, 0.29) is 41.8 Å². The molecular formula is C35H39N7O4. The summed E-state index contributed by atoms with van der Waals surface area (Å²) >= 11 is 0. The number of imidazole rings is 1. The van der Waals surface area contributed by atoms with Gasteiger partial charge in [-0.25, -0.2) is 9.78 Å². The first-order valence-corrected chi connectivity index (χ1v) is 15.6. The number of benzene rings is 2. The van der Waals surface area contributed by atoms with Crippen molar-refractivity contribution in [3.63, 3.8) is 0 Å². The van der Waals surface area contributed by atoms with Crippen LogP contribution in [0.3, 0.4) is 0 Å². The van der Waals surface area contributed by atoms with E-state index in [0.717, 1.165) is 19.4 Å². The average molecular weight is 622 g/mol. The second-order valence-corrected chi connectivity index (χ2v) is 12.4. The number of nitrogen functional groups attached to an aromatic ring is 1. The lowest BCUT2D eigenvalue weighted by Gasteiger charge is -2.37. The highest BCUT2D eigenvalue weighted by atomic mass is 16.5. The summed E-state index contributed by atoms with van der Waals surface area (Å²) < 4.78 is 14.9. The van der Waals surface area contributed by atoms with Gasteiger partial charge in [-0.05, 0) is 88.1 Å². The Morgan fingerprint density at radius 1 is 1.04 bits per heavy atom. The van der Waals surface area contributed by atoms with Gasteiger partial charge in [-0.1, -0.05) is 18.2 Å². The van der Waals surface area contributed by atoms with E-state index in [9.17, 15) is 14.9 Å². The van der Waals surface area contributed by atoms with E-state index in [2.05, 4.69) is 16.0 Å². The molecule has 0 aliphatic carbocycles. The summed E-state index contributed by atoms with van der Waals surface area (Å²) in [6.45, 7) is 5.61. The fraction of sp³-hybridized carbons (Fsp3) is 0.371. The molecule has 2 N–H and O–H groups in total. The Balaban J connectivity index is 1.30. The largest absolute Gasteiger partial charge is 0.457 e. The van der Waals surface area contributed by atoms with Gasteiger partial charge in [0.25, 0.3) is 5.91 Å². The number of hydrogen-bond donors (Lipinski definition) is 1. The van der Waals surface area contributed by atoms with Crippen LogP contribution in [0.2, 0.25) is 0 Å². The third kappa shape index (κ3) is 5.89. The minimum Gasteiger partial charge on any atom is -0.457 e. The number of anilines is 1. The van der Waals surface area contributed by atoms with Crippen LogP contribution in [0.5, 0.6) is 11.5 Å². The first-order valence-electron chi connectivity index (χ1n) is 15.6. The Morgan fingerprint density at radius 2 is 1.76 bits per heavy atom. The molecule has 4 heterocycles. The number of nitriles is 1. The second-order valence-electron chi connectivity index (χ2n) is 12.4. The van der Waals surface area contributed by atoms with Crippen molar-refractivity contribution in [2.75, 3.05) is 32.5 Å². The number of aromatic nitrogens is 3. The van der Waals surface area contributed by atoms with E-state index in [1.54, 1.807) is 51.6 Å². The van der Waals surface area contributed by atoms with E-state index >= 15 is 0 Å². The number of carbonyl (C=O) groups is 1. The van der Waals surface area contributed by atoms with Gasteiger partial charge in [0, 0.05) is 38.5 Å². The number of hydrogen-bond acceptors (Lipinski definition) is 8. The summed E-state index contributed by atoms with van der Waals surface area (Å²) in [6.07, 6.45) is 6.56. The van der Waals surface area contributed by atoms with E-state index < -0.39 is 5.54 Å². The van der Waals surface area contributed by atoms with Gasteiger partial charge < -0.3 is 20.1 Å². The molecule has 2 aliphatic heterocycles. The summed E-state index contributed by atoms with van der Waals surface area (Å²) in [5.41, 5.74) is 7.39. The quantitative estimate of drug-likeness (QED) is 0.214. The molecule has 46 heavy (non-hydrogen) atoms.